The minimum Gasteiger partial charge on any atom is -0.368 e. The molecule has 8 heteroatoms. The molecule has 0 radical (unpaired) electrons. The first-order valence-corrected chi connectivity index (χ1v) is 9.07. The van der Waals surface area contributed by atoms with Gasteiger partial charge in [0.25, 0.3) is 0 Å². The summed E-state index contributed by atoms with van der Waals surface area (Å²) in [4.78, 5) is 25.0. The molecule has 0 spiro atoms. The highest BCUT2D eigenvalue weighted by Gasteiger charge is 2.16. The summed E-state index contributed by atoms with van der Waals surface area (Å²) < 4.78 is 0. The Labute approximate surface area is 162 Å². The smallest absolute Gasteiger partial charge is 0.237 e. The van der Waals surface area contributed by atoms with E-state index < -0.39 is 5.91 Å². The molecule has 3 N–H and O–H groups in total. The van der Waals surface area contributed by atoms with Crippen molar-refractivity contribution < 1.29 is 9.59 Å². The molecule has 0 atom stereocenters. The van der Waals surface area contributed by atoms with E-state index in [2.05, 4.69) is 20.6 Å². The minimum absolute atomic E-state index is 0.0754. The Hall–Kier alpha value is -3.55. The third kappa shape index (κ3) is 4.59. The Morgan fingerprint density at radius 3 is 2.39 bits per heavy atom. The van der Waals surface area contributed by atoms with E-state index in [9.17, 15) is 9.59 Å². The molecule has 0 aliphatic heterocycles. The molecule has 8 nitrogen and oxygen atoms in total. The Balaban J connectivity index is 1.82. The largest absolute Gasteiger partial charge is 0.368 e. The van der Waals surface area contributed by atoms with E-state index in [4.69, 9.17) is 5.73 Å². The molecule has 2 amide bonds. The van der Waals surface area contributed by atoms with Crippen LogP contribution in [0.1, 0.15) is 25.3 Å². The van der Waals surface area contributed by atoms with Crippen LogP contribution in [-0.2, 0) is 16.1 Å². The molecule has 0 fully saturated rings. The first-order chi connectivity index (χ1) is 13.6. The Morgan fingerprint density at radius 2 is 1.79 bits per heavy atom. The second-order valence-electron chi connectivity index (χ2n) is 6.46. The van der Waals surface area contributed by atoms with Crippen LogP contribution in [0.25, 0.3) is 22.5 Å². The Morgan fingerprint density at radius 1 is 1.07 bits per heavy atom. The van der Waals surface area contributed by atoms with Gasteiger partial charge in [-0.2, -0.15) is 0 Å². The molecule has 0 saturated heterocycles. The number of carbonyl (C=O) groups is 2. The first-order valence-electron chi connectivity index (χ1n) is 9.07. The number of tetrazole rings is 1. The molecule has 0 saturated carbocycles. The number of hydrogen-bond acceptors (Lipinski definition) is 5. The third-order valence-electron chi connectivity index (χ3n) is 4.33. The molecule has 1 aromatic heterocycles. The molecule has 0 aliphatic rings. The molecule has 28 heavy (non-hydrogen) atoms. The molecule has 1 heterocycles. The zero-order chi connectivity index (χ0) is 19.9. The van der Waals surface area contributed by atoms with Crippen molar-refractivity contribution in [3.63, 3.8) is 0 Å². The van der Waals surface area contributed by atoms with E-state index in [-0.39, 0.29) is 12.5 Å². The van der Waals surface area contributed by atoms with Gasteiger partial charge in [-0.1, -0.05) is 55.5 Å². The van der Waals surface area contributed by atoms with Crippen molar-refractivity contribution in [1.29, 1.82) is 0 Å². The SMILES string of the molecule is CCCC(=O)N(CC(N)=O)Cc1ccc(-c2ccccc2-c2nnn[nH]2)cc1. The number of hydrogen-bond donors (Lipinski definition) is 2. The number of aromatic amines is 1. The summed E-state index contributed by atoms with van der Waals surface area (Å²) in [6.45, 7) is 2.19. The van der Waals surface area contributed by atoms with Crippen LogP contribution in [0.4, 0.5) is 0 Å². The zero-order valence-corrected chi connectivity index (χ0v) is 15.6. The van der Waals surface area contributed by atoms with Crippen molar-refractivity contribution >= 4 is 11.8 Å². The number of primary amides is 1. The normalized spacial score (nSPS) is 10.6. The highest BCUT2D eigenvalue weighted by atomic mass is 16.2. The number of nitrogens with two attached hydrogens (primary N) is 1. The van der Waals surface area contributed by atoms with E-state index in [0.717, 1.165) is 28.7 Å². The maximum absolute atomic E-state index is 12.2. The highest BCUT2D eigenvalue weighted by molar-refractivity contribution is 5.84. The van der Waals surface area contributed by atoms with Crippen LogP contribution >= 0.6 is 0 Å². The van der Waals surface area contributed by atoms with Crippen LogP contribution in [0.15, 0.2) is 48.5 Å². The number of nitrogens with one attached hydrogen (secondary N) is 1. The van der Waals surface area contributed by atoms with Gasteiger partial charge in [-0.05, 0) is 33.5 Å². The number of nitrogens with zero attached hydrogens (tertiary/aromatic N) is 4. The van der Waals surface area contributed by atoms with Crippen molar-refractivity contribution in [3.8, 4) is 22.5 Å². The average molecular weight is 378 g/mol. The van der Waals surface area contributed by atoms with E-state index in [0.29, 0.717) is 18.8 Å². The molecule has 0 unspecified atom stereocenters. The Kier molecular flexibility index (Phi) is 6.11. The topological polar surface area (TPSA) is 118 Å². The van der Waals surface area contributed by atoms with Gasteiger partial charge in [-0.25, -0.2) is 5.10 Å². The number of amides is 2. The van der Waals surface area contributed by atoms with E-state index >= 15 is 0 Å². The lowest BCUT2D eigenvalue weighted by Gasteiger charge is -2.21. The number of H-pyrrole nitrogens is 1. The Bertz CT molecular complexity index is 938. The van der Waals surface area contributed by atoms with Crippen molar-refractivity contribution in [1.82, 2.24) is 25.5 Å². The van der Waals surface area contributed by atoms with Crippen LogP contribution in [0.2, 0.25) is 0 Å². The van der Waals surface area contributed by atoms with Crippen LogP contribution in [0.3, 0.4) is 0 Å². The highest BCUT2D eigenvalue weighted by Crippen LogP contribution is 2.29. The van der Waals surface area contributed by atoms with Gasteiger partial charge in [-0.15, -0.1) is 5.10 Å². The first kappa shape index (κ1) is 19.2. The molecular weight excluding hydrogens is 356 g/mol. The van der Waals surface area contributed by atoms with E-state index in [1.807, 2.05) is 55.5 Å². The summed E-state index contributed by atoms with van der Waals surface area (Å²) in [7, 11) is 0. The van der Waals surface area contributed by atoms with Crippen molar-refractivity contribution in [2.75, 3.05) is 6.54 Å². The maximum Gasteiger partial charge on any atom is 0.237 e. The summed E-state index contributed by atoms with van der Waals surface area (Å²) in [6, 6.07) is 15.7. The van der Waals surface area contributed by atoms with Crippen LogP contribution < -0.4 is 5.73 Å². The summed E-state index contributed by atoms with van der Waals surface area (Å²) in [5, 5.41) is 14.1. The van der Waals surface area contributed by atoms with Crippen LogP contribution in [0, 0.1) is 0 Å². The average Bonchev–Trinajstić information content (AvgIpc) is 3.23. The molecule has 144 valence electrons. The number of rotatable bonds is 8. The lowest BCUT2D eigenvalue weighted by molar-refractivity contribution is -0.135. The van der Waals surface area contributed by atoms with Gasteiger partial charge in [-0.3, -0.25) is 9.59 Å². The van der Waals surface area contributed by atoms with Crippen molar-refractivity contribution in [2.45, 2.75) is 26.3 Å². The molecule has 3 aromatic rings. The van der Waals surface area contributed by atoms with Gasteiger partial charge in [0.2, 0.25) is 11.8 Å². The number of aromatic nitrogens is 4. The minimum atomic E-state index is -0.518. The standard InChI is InChI=1S/C20H22N6O2/c1-2-5-19(28)26(13-18(21)27)12-14-8-10-15(11-9-14)16-6-3-4-7-17(16)20-22-24-25-23-20/h3-4,6-11H,2,5,12-13H2,1H3,(H2,21,27)(H,22,23,24,25). The lowest BCUT2D eigenvalue weighted by Crippen LogP contribution is -2.37. The molecular formula is C20H22N6O2. The summed E-state index contributed by atoms with van der Waals surface area (Å²) in [5.41, 5.74) is 9.10. The van der Waals surface area contributed by atoms with Gasteiger partial charge in [0.05, 0.1) is 6.54 Å². The second kappa shape index (κ2) is 8.90. The van der Waals surface area contributed by atoms with Crippen LogP contribution in [-0.4, -0.2) is 43.9 Å². The van der Waals surface area contributed by atoms with Crippen LogP contribution in [0.5, 0.6) is 0 Å². The summed E-state index contributed by atoms with van der Waals surface area (Å²) in [5.74, 6) is 0.00156. The quantitative estimate of drug-likeness (QED) is 0.623. The third-order valence-corrected chi connectivity index (χ3v) is 4.33. The monoisotopic (exact) mass is 378 g/mol. The van der Waals surface area contributed by atoms with E-state index in [1.54, 1.807) is 0 Å². The fourth-order valence-electron chi connectivity index (χ4n) is 3.02. The fourth-order valence-corrected chi connectivity index (χ4v) is 3.02. The van der Waals surface area contributed by atoms with Crippen molar-refractivity contribution in [2.24, 2.45) is 5.73 Å². The zero-order valence-electron chi connectivity index (χ0n) is 15.6. The second-order valence-corrected chi connectivity index (χ2v) is 6.46. The maximum atomic E-state index is 12.2. The predicted molar refractivity (Wildman–Crippen MR) is 105 cm³/mol. The van der Waals surface area contributed by atoms with Gasteiger partial charge in [0.1, 0.15) is 0 Å². The van der Waals surface area contributed by atoms with Gasteiger partial charge < -0.3 is 10.6 Å². The lowest BCUT2D eigenvalue weighted by atomic mass is 9.98. The summed E-state index contributed by atoms with van der Waals surface area (Å²) >= 11 is 0. The fraction of sp³-hybridized carbons (Fsp3) is 0.250. The molecule has 0 bridgehead atoms. The van der Waals surface area contributed by atoms with Gasteiger partial charge in [0, 0.05) is 18.5 Å². The van der Waals surface area contributed by atoms with Crippen molar-refractivity contribution in [3.05, 3.63) is 54.1 Å². The van der Waals surface area contributed by atoms with E-state index in [1.165, 1.54) is 4.90 Å². The van der Waals surface area contributed by atoms with Gasteiger partial charge in [0.15, 0.2) is 5.82 Å². The number of benzene rings is 2. The molecule has 3 rings (SSSR count). The summed E-state index contributed by atoms with van der Waals surface area (Å²) in [6.07, 6.45) is 1.12. The van der Waals surface area contributed by atoms with Gasteiger partial charge >= 0.3 is 0 Å². The molecule has 0 aliphatic carbocycles. The number of carbonyl (C=O) groups excluding carboxylic acids is 2. The predicted octanol–water partition coefficient (Wildman–Crippen LogP) is 2.15. The molecule has 2 aromatic carbocycles.